The molecule has 4 heteroatoms. The number of likely N-dealkylation sites (tertiary alicyclic amines) is 1. The molecule has 3 fully saturated rings. The van der Waals surface area contributed by atoms with Crippen molar-refractivity contribution in [2.75, 3.05) is 18.4 Å². The molecule has 2 aliphatic carbocycles. The maximum absolute atomic E-state index is 12.7. The van der Waals surface area contributed by atoms with Gasteiger partial charge in [0.1, 0.15) is 0 Å². The summed E-state index contributed by atoms with van der Waals surface area (Å²) >= 11 is 0. The summed E-state index contributed by atoms with van der Waals surface area (Å²) in [6.07, 6.45) is 7.49. The highest BCUT2D eigenvalue weighted by molar-refractivity contribution is 5.93. The first-order valence-electron chi connectivity index (χ1n) is 9.58. The van der Waals surface area contributed by atoms with Crippen LogP contribution < -0.4 is 11.1 Å². The molecule has 1 heterocycles. The van der Waals surface area contributed by atoms with Gasteiger partial charge in [-0.25, -0.2) is 0 Å². The highest BCUT2D eigenvalue weighted by atomic mass is 16.2. The van der Waals surface area contributed by atoms with Crippen LogP contribution in [0.3, 0.4) is 0 Å². The third-order valence-electron chi connectivity index (χ3n) is 6.33. The SMILES string of the molecule is NC1C2CCC(C2)C1C(=O)Nc1cccc(CN2CCCCC2)c1. The van der Waals surface area contributed by atoms with Crippen molar-refractivity contribution in [3.8, 4) is 0 Å². The van der Waals surface area contributed by atoms with Crippen LogP contribution in [0.1, 0.15) is 44.1 Å². The van der Waals surface area contributed by atoms with Gasteiger partial charge in [0.25, 0.3) is 0 Å². The molecule has 1 aliphatic heterocycles. The first-order valence-corrected chi connectivity index (χ1v) is 9.58. The van der Waals surface area contributed by atoms with Crippen molar-refractivity contribution in [2.24, 2.45) is 23.5 Å². The molecule has 4 unspecified atom stereocenters. The monoisotopic (exact) mass is 327 g/mol. The normalized spacial score (nSPS) is 32.9. The minimum atomic E-state index is 0.00880. The second-order valence-corrected chi connectivity index (χ2v) is 7.96. The number of nitrogens with two attached hydrogens (primary N) is 1. The van der Waals surface area contributed by atoms with E-state index in [0.717, 1.165) is 18.7 Å². The van der Waals surface area contributed by atoms with E-state index in [9.17, 15) is 4.79 Å². The van der Waals surface area contributed by atoms with E-state index in [1.807, 2.05) is 6.07 Å². The summed E-state index contributed by atoms with van der Waals surface area (Å²) < 4.78 is 0. The molecule has 2 bridgehead atoms. The van der Waals surface area contributed by atoms with Gasteiger partial charge in [-0.15, -0.1) is 0 Å². The second kappa shape index (κ2) is 6.85. The van der Waals surface area contributed by atoms with Crippen molar-refractivity contribution in [3.63, 3.8) is 0 Å². The smallest absolute Gasteiger partial charge is 0.229 e. The molecule has 0 aromatic heterocycles. The van der Waals surface area contributed by atoms with Crippen LogP contribution in [0.5, 0.6) is 0 Å². The maximum atomic E-state index is 12.7. The average molecular weight is 327 g/mol. The lowest BCUT2D eigenvalue weighted by molar-refractivity contribution is -0.121. The zero-order valence-corrected chi connectivity index (χ0v) is 14.4. The summed E-state index contributed by atoms with van der Waals surface area (Å²) in [7, 11) is 0. The molecule has 1 amide bonds. The molecule has 0 radical (unpaired) electrons. The largest absolute Gasteiger partial charge is 0.327 e. The minimum Gasteiger partial charge on any atom is -0.327 e. The van der Waals surface area contributed by atoms with Crippen molar-refractivity contribution in [2.45, 2.75) is 51.1 Å². The van der Waals surface area contributed by atoms with Crippen LogP contribution in [-0.2, 0) is 11.3 Å². The summed E-state index contributed by atoms with van der Waals surface area (Å²) in [5.41, 5.74) is 8.51. The third kappa shape index (κ3) is 3.22. The van der Waals surface area contributed by atoms with Gasteiger partial charge < -0.3 is 11.1 Å². The predicted molar refractivity (Wildman–Crippen MR) is 96.5 cm³/mol. The number of piperidine rings is 1. The lowest BCUT2D eigenvalue weighted by Gasteiger charge is -2.27. The number of hydrogen-bond donors (Lipinski definition) is 2. The van der Waals surface area contributed by atoms with E-state index >= 15 is 0 Å². The fourth-order valence-electron chi connectivity index (χ4n) is 5.07. The Morgan fingerprint density at radius 3 is 2.71 bits per heavy atom. The molecular formula is C20H29N3O. The highest BCUT2D eigenvalue weighted by Gasteiger charge is 2.49. The van der Waals surface area contributed by atoms with E-state index in [-0.39, 0.29) is 17.9 Å². The van der Waals surface area contributed by atoms with Crippen LogP contribution in [0, 0.1) is 17.8 Å². The fraction of sp³-hybridized carbons (Fsp3) is 0.650. The average Bonchev–Trinajstić information content (AvgIpc) is 3.17. The Bertz CT molecular complexity index is 594. The van der Waals surface area contributed by atoms with Gasteiger partial charge >= 0.3 is 0 Å². The van der Waals surface area contributed by atoms with Crippen LogP contribution in [0.4, 0.5) is 5.69 Å². The molecule has 1 aromatic rings. The number of nitrogens with zero attached hydrogens (tertiary/aromatic N) is 1. The van der Waals surface area contributed by atoms with Gasteiger partial charge in [0.05, 0.1) is 5.92 Å². The quantitative estimate of drug-likeness (QED) is 0.894. The molecule has 4 rings (SSSR count). The van der Waals surface area contributed by atoms with E-state index < -0.39 is 0 Å². The van der Waals surface area contributed by atoms with Gasteiger partial charge in [-0.3, -0.25) is 9.69 Å². The summed E-state index contributed by atoms with van der Waals surface area (Å²) in [5.74, 6) is 1.21. The standard InChI is InChI=1S/C20H29N3O/c21-19-16-8-7-15(12-16)18(19)20(24)22-17-6-4-5-14(11-17)13-23-9-2-1-3-10-23/h4-6,11,15-16,18-19H,1-3,7-10,12-13,21H2,(H,22,24). The molecule has 1 aromatic carbocycles. The van der Waals surface area contributed by atoms with Gasteiger partial charge in [0.2, 0.25) is 5.91 Å². The first-order chi connectivity index (χ1) is 11.7. The van der Waals surface area contributed by atoms with Crippen molar-refractivity contribution in [1.29, 1.82) is 0 Å². The third-order valence-corrected chi connectivity index (χ3v) is 6.33. The predicted octanol–water partition coefficient (Wildman–Crippen LogP) is 2.98. The van der Waals surface area contributed by atoms with Gasteiger partial charge in [0, 0.05) is 18.3 Å². The van der Waals surface area contributed by atoms with Gasteiger partial charge in [-0.05, 0) is 74.7 Å². The summed E-state index contributed by atoms with van der Waals surface area (Å²) in [5, 5.41) is 3.14. The summed E-state index contributed by atoms with van der Waals surface area (Å²) in [6, 6.07) is 8.39. The summed E-state index contributed by atoms with van der Waals surface area (Å²) in [4.78, 5) is 15.2. The van der Waals surface area contributed by atoms with Gasteiger partial charge in [0.15, 0.2) is 0 Å². The Labute approximate surface area is 144 Å². The van der Waals surface area contributed by atoms with E-state index in [4.69, 9.17) is 5.73 Å². The first kappa shape index (κ1) is 16.1. The number of amides is 1. The Kier molecular flexibility index (Phi) is 4.59. The minimum absolute atomic E-state index is 0.00880. The molecule has 4 nitrogen and oxygen atoms in total. The van der Waals surface area contributed by atoms with Crippen LogP contribution in [0.15, 0.2) is 24.3 Å². The number of hydrogen-bond acceptors (Lipinski definition) is 3. The molecule has 1 saturated heterocycles. The van der Waals surface area contributed by atoms with E-state index in [0.29, 0.717) is 11.8 Å². The molecule has 3 aliphatic rings. The number of nitrogens with one attached hydrogen (secondary N) is 1. The second-order valence-electron chi connectivity index (χ2n) is 7.96. The van der Waals surface area contributed by atoms with Gasteiger partial charge in [-0.1, -0.05) is 18.6 Å². The molecule has 4 atom stereocenters. The topological polar surface area (TPSA) is 58.4 Å². The van der Waals surface area contributed by atoms with E-state index in [1.54, 1.807) is 0 Å². The van der Waals surface area contributed by atoms with Crippen LogP contribution >= 0.6 is 0 Å². The maximum Gasteiger partial charge on any atom is 0.229 e. The van der Waals surface area contributed by atoms with Crippen LogP contribution in [0.2, 0.25) is 0 Å². The summed E-state index contributed by atoms with van der Waals surface area (Å²) in [6.45, 7) is 3.37. The number of carbonyl (C=O) groups is 1. The number of fused-ring (bicyclic) bond motifs is 2. The van der Waals surface area contributed by atoms with Crippen molar-refractivity contribution in [3.05, 3.63) is 29.8 Å². The Morgan fingerprint density at radius 1 is 1.17 bits per heavy atom. The molecule has 0 spiro atoms. The fourth-order valence-corrected chi connectivity index (χ4v) is 5.07. The number of anilines is 1. The number of benzene rings is 1. The van der Waals surface area contributed by atoms with Crippen LogP contribution in [-0.4, -0.2) is 29.9 Å². The lowest BCUT2D eigenvalue weighted by atomic mass is 9.84. The molecule has 2 saturated carbocycles. The van der Waals surface area contributed by atoms with E-state index in [2.05, 4.69) is 28.4 Å². The van der Waals surface area contributed by atoms with Crippen molar-refractivity contribution >= 4 is 11.6 Å². The highest BCUT2D eigenvalue weighted by Crippen LogP contribution is 2.47. The zero-order valence-electron chi connectivity index (χ0n) is 14.4. The Hall–Kier alpha value is -1.39. The molecule has 130 valence electrons. The zero-order chi connectivity index (χ0) is 16.5. The lowest BCUT2D eigenvalue weighted by Crippen LogP contribution is -2.42. The molecular weight excluding hydrogens is 298 g/mol. The molecule has 24 heavy (non-hydrogen) atoms. The number of rotatable bonds is 4. The van der Waals surface area contributed by atoms with E-state index in [1.165, 1.54) is 50.8 Å². The van der Waals surface area contributed by atoms with Crippen LogP contribution in [0.25, 0.3) is 0 Å². The Morgan fingerprint density at radius 2 is 1.96 bits per heavy atom. The van der Waals surface area contributed by atoms with Crippen molar-refractivity contribution < 1.29 is 4.79 Å². The molecule has 3 N–H and O–H groups in total. The van der Waals surface area contributed by atoms with Crippen molar-refractivity contribution in [1.82, 2.24) is 4.90 Å². The van der Waals surface area contributed by atoms with Gasteiger partial charge in [-0.2, -0.15) is 0 Å². The number of carbonyl (C=O) groups excluding carboxylic acids is 1. The Balaban J connectivity index is 1.39.